The maximum absolute atomic E-state index is 11.5. The summed E-state index contributed by atoms with van der Waals surface area (Å²) in [6.07, 6.45) is 0.794. The van der Waals surface area contributed by atoms with Gasteiger partial charge in [-0.2, -0.15) is 4.21 Å². The zero-order valence-corrected chi connectivity index (χ0v) is 9.01. The van der Waals surface area contributed by atoms with E-state index in [1.807, 2.05) is 0 Å². The molecule has 0 aromatic carbocycles. The largest absolute Gasteiger partial charge is 0.394 e. The summed E-state index contributed by atoms with van der Waals surface area (Å²) in [6.45, 7) is -0.998. The molecule has 8 heteroatoms. The molecule has 0 fully saturated rings. The van der Waals surface area contributed by atoms with Gasteiger partial charge in [-0.05, 0) is 0 Å². The maximum atomic E-state index is 11.5. The number of hydrogen-bond donors (Lipinski definition) is 3. The van der Waals surface area contributed by atoms with Gasteiger partial charge in [0.25, 0.3) is 10.1 Å². The normalized spacial score (nSPS) is 20.2. The van der Waals surface area contributed by atoms with Gasteiger partial charge in [-0.1, -0.05) is 0 Å². The van der Waals surface area contributed by atoms with E-state index >= 15 is 0 Å². The van der Waals surface area contributed by atoms with Crippen LogP contribution in [0.3, 0.4) is 0 Å². The molecule has 0 saturated carbocycles. The van der Waals surface area contributed by atoms with Crippen molar-refractivity contribution in [1.29, 1.82) is 0 Å². The van der Waals surface area contributed by atoms with Gasteiger partial charge in [-0.25, -0.2) is 4.21 Å². The first kappa shape index (κ1) is 13.1. The smallest absolute Gasteiger partial charge is 0.268 e. The van der Waals surface area contributed by atoms with Crippen molar-refractivity contribution in [2.45, 2.75) is 6.10 Å². The van der Waals surface area contributed by atoms with E-state index in [0.717, 1.165) is 12.5 Å². The lowest BCUT2D eigenvalue weighted by Gasteiger charge is -2.35. The molecule has 0 bridgehead atoms. The fourth-order valence-corrected chi connectivity index (χ4v) is 1.40. The summed E-state index contributed by atoms with van der Waals surface area (Å²) in [7, 11) is -6.69. The Morgan fingerprint density at radius 1 is 1.54 bits per heavy atom. The van der Waals surface area contributed by atoms with Crippen LogP contribution in [0.4, 0.5) is 0 Å². The zero-order chi connectivity index (χ0) is 10.7. The molecule has 0 aliphatic rings. The molecule has 0 radical (unpaired) electrons. The van der Waals surface area contributed by atoms with Crippen LogP contribution in [0, 0.1) is 0 Å². The second-order valence-electron chi connectivity index (χ2n) is 2.95. The van der Waals surface area contributed by atoms with Gasteiger partial charge >= 0.3 is 0 Å². The van der Waals surface area contributed by atoms with Crippen LogP contribution in [0.5, 0.6) is 0 Å². The van der Waals surface area contributed by atoms with E-state index in [0.29, 0.717) is 0 Å². The first-order chi connectivity index (χ1) is 5.67. The van der Waals surface area contributed by atoms with E-state index in [1.165, 1.54) is 0 Å². The number of hydrogen-bond acceptors (Lipinski definition) is 5. The lowest BCUT2D eigenvalue weighted by Crippen LogP contribution is -2.39. The van der Waals surface area contributed by atoms with E-state index in [4.69, 9.17) is 14.8 Å². The predicted octanol–water partition coefficient (Wildman–Crippen LogP) is -1.51. The van der Waals surface area contributed by atoms with Gasteiger partial charge in [-0.15, -0.1) is 8.38 Å². The summed E-state index contributed by atoms with van der Waals surface area (Å²) in [4.78, 5) is 0. The third-order valence-corrected chi connectivity index (χ3v) is 5.51. The monoisotopic (exact) mass is 234 g/mol. The minimum Gasteiger partial charge on any atom is -0.394 e. The van der Waals surface area contributed by atoms with Gasteiger partial charge in [0, 0.05) is 12.5 Å². The lowest BCUT2D eigenvalue weighted by molar-refractivity contribution is 0.0565. The summed E-state index contributed by atoms with van der Waals surface area (Å²) < 4.78 is 35.5. The Morgan fingerprint density at radius 2 is 2.00 bits per heavy atom. The highest BCUT2D eigenvalue weighted by Crippen LogP contribution is 2.22. The predicted molar refractivity (Wildman–Crippen MR) is 49.8 cm³/mol. The molecule has 0 saturated heterocycles. The summed E-state index contributed by atoms with van der Waals surface area (Å²) in [5.41, 5.74) is 0. The lowest BCUT2D eigenvalue weighted by atomic mass is 10.4. The van der Waals surface area contributed by atoms with Crippen molar-refractivity contribution >= 4 is 18.5 Å². The summed E-state index contributed by atoms with van der Waals surface area (Å²) in [6, 6.07) is 0. The first-order valence-electron chi connectivity index (χ1n) is 3.35. The van der Waals surface area contributed by atoms with Crippen LogP contribution in [0.2, 0.25) is 0 Å². The molecule has 0 aliphatic carbocycles. The van der Waals surface area contributed by atoms with Crippen molar-refractivity contribution < 1.29 is 27.4 Å². The van der Waals surface area contributed by atoms with E-state index in [9.17, 15) is 8.42 Å². The van der Waals surface area contributed by atoms with Crippen LogP contribution in [-0.2, 0) is 22.7 Å². The minimum atomic E-state index is -4.07. The molecule has 0 aromatic rings. The van der Waals surface area contributed by atoms with Gasteiger partial charge in [-0.3, -0.25) is 8.74 Å². The van der Waals surface area contributed by atoms with Crippen molar-refractivity contribution in [3.63, 3.8) is 0 Å². The second kappa shape index (κ2) is 4.11. The van der Waals surface area contributed by atoms with E-state index in [2.05, 4.69) is 4.18 Å². The van der Waals surface area contributed by atoms with Crippen LogP contribution in [-0.4, -0.2) is 55.0 Å². The Balaban J connectivity index is 4.35. The average Bonchev–Trinajstić information content (AvgIpc) is 1.99. The topological polar surface area (TPSA) is 104 Å². The van der Waals surface area contributed by atoms with E-state index in [-0.39, 0.29) is 0 Å². The SMILES string of the molecule is CS(C)(=O)(OCC(O)CO)S(=O)O. The third-order valence-electron chi connectivity index (χ3n) is 1.20. The molecule has 13 heavy (non-hydrogen) atoms. The molecular formula is C5H14O6S2. The van der Waals surface area contributed by atoms with Crippen molar-refractivity contribution in [1.82, 2.24) is 0 Å². The molecule has 0 spiro atoms. The molecule has 2 unspecified atom stereocenters. The average molecular weight is 234 g/mol. The molecular weight excluding hydrogens is 220 g/mol. The minimum absolute atomic E-state index is 0.443. The van der Waals surface area contributed by atoms with Gasteiger partial charge in [0.15, 0.2) is 0 Å². The van der Waals surface area contributed by atoms with Crippen LogP contribution in [0.25, 0.3) is 0 Å². The zero-order valence-electron chi connectivity index (χ0n) is 7.37. The molecule has 0 rings (SSSR count). The van der Waals surface area contributed by atoms with Gasteiger partial charge in [0.2, 0.25) is 0 Å². The van der Waals surface area contributed by atoms with Gasteiger partial charge in [0.05, 0.1) is 6.61 Å². The Morgan fingerprint density at radius 3 is 2.31 bits per heavy atom. The van der Waals surface area contributed by atoms with Crippen LogP contribution in [0.15, 0.2) is 0 Å². The molecule has 82 valence electrons. The molecule has 0 aliphatic heterocycles. The second-order valence-corrected chi connectivity index (χ2v) is 10.5. The molecule has 0 aromatic heterocycles. The third kappa shape index (κ3) is 4.25. The number of aliphatic hydroxyl groups excluding tert-OH is 2. The Kier molecular flexibility index (Phi) is 4.16. The number of rotatable bonds is 5. The molecule has 2 atom stereocenters. The van der Waals surface area contributed by atoms with Crippen molar-refractivity contribution in [2.24, 2.45) is 0 Å². The molecule has 3 N–H and O–H groups in total. The fourth-order valence-electron chi connectivity index (χ4n) is 0.364. The first-order valence-corrected chi connectivity index (χ1v) is 7.68. The number of aliphatic hydroxyl groups is 2. The molecule has 6 nitrogen and oxygen atoms in total. The van der Waals surface area contributed by atoms with E-state index in [1.54, 1.807) is 0 Å². The van der Waals surface area contributed by atoms with Crippen molar-refractivity contribution in [3.05, 3.63) is 0 Å². The highest BCUT2D eigenvalue weighted by atomic mass is 33.2. The van der Waals surface area contributed by atoms with Crippen molar-refractivity contribution in [2.75, 3.05) is 25.7 Å². The van der Waals surface area contributed by atoms with E-state index < -0.39 is 37.8 Å². The van der Waals surface area contributed by atoms with Crippen LogP contribution in [0.1, 0.15) is 0 Å². The summed E-state index contributed by atoms with van der Waals surface area (Å²) >= 11 is 0. The standard InChI is InChI=1S/C5H14O6S2/c1-13(2,10,12(8)9)11-4-5(7)3-6/h5-7H,3-4H2,1-2H3,(H,8,9). The maximum Gasteiger partial charge on any atom is 0.268 e. The Bertz CT molecular complexity index is 256. The van der Waals surface area contributed by atoms with Crippen LogP contribution >= 0.6 is 0 Å². The van der Waals surface area contributed by atoms with Gasteiger partial charge in [0.1, 0.15) is 12.7 Å². The van der Waals surface area contributed by atoms with Gasteiger partial charge < -0.3 is 10.2 Å². The quantitative estimate of drug-likeness (QED) is 0.394. The van der Waals surface area contributed by atoms with Crippen LogP contribution < -0.4 is 0 Å². The van der Waals surface area contributed by atoms with Crippen molar-refractivity contribution in [3.8, 4) is 0 Å². The summed E-state index contributed by atoms with van der Waals surface area (Å²) in [5.74, 6) is 0. The molecule has 0 amide bonds. The highest BCUT2D eigenvalue weighted by Gasteiger charge is 2.27. The fraction of sp³-hybridized carbons (Fsp3) is 1.00. The highest BCUT2D eigenvalue weighted by molar-refractivity contribution is 8.74. The molecule has 0 heterocycles. The summed E-state index contributed by atoms with van der Waals surface area (Å²) in [5, 5.41) is 17.2. The Labute approximate surface area is 78.2 Å². The Hall–Kier alpha value is 0.140.